The Balaban J connectivity index is 2.19. The Morgan fingerprint density at radius 1 is 1.24 bits per heavy atom. The first-order valence-corrected chi connectivity index (χ1v) is 9.71. The standard InChI is InChI=1S/C17H23N3O4S/c1-17(2,3)24-16(21)19-11-12-20(25(4,22)23)14-9-5-7-13-8-6-10-18-15(13)14/h5-10H,11-12H2,1-4H3,(H,19,21). The second kappa shape index (κ2) is 7.26. The van der Waals surface area contributed by atoms with Crippen LogP contribution < -0.4 is 9.62 Å². The molecule has 1 heterocycles. The van der Waals surface area contributed by atoms with Gasteiger partial charge in [-0.1, -0.05) is 18.2 Å². The number of anilines is 1. The van der Waals surface area contributed by atoms with Crippen molar-refractivity contribution in [2.75, 3.05) is 23.7 Å². The van der Waals surface area contributed by atoms with E-state index in [0.717, 1.165) is 11.6 Å². The second-order valence-electron chi connectivity index (χ2n) is 6.62. The summed E-state index contributed by atoms with van der Waals surface area (Å²) >= 11 is 0. The van der Waals surface area contributed by atoms with Crippen LogP contribution in [-0.2, 0) is 14.8 Å². The van der Waals surface area contributed by atoms with Gasteiger partial charge < -0.3 is 10.1 Å². The number of hydrogen-bond donors (Lipinski definition) is 1. The summed E-state index contributed by atoms with van der Waals surface area (Å²) in [7, 11) is -3.54. The van der Waals surface area contributed by atoms with Gasteiger partial charge in [-0.05, 0) is 32.9 Å². The van der Waals surface area contributed by atoms with Crippen LogP contribution in [-0.4, -0.2) is 44.4 Å². The lowest BCUT2D eigenvalue weighted by atomic mass is 10.2. The number of para-hydroxylation sites is 1. The van der Waals surface area contributed by atoms with Crippen LogP contribution in [0.1, 0.15) is 20.8 Å². The number of nitrogens with zero attached hydrogens (tertiary/aromatic N) is 2. The number of pyridine rings is 1. The number of alkyl carbamates (subject to hydrolysis) is 1. The van der Waals surface area contributed by atoms with E-state index in [9.17, 15) is 13.2 Å². The van der Waals surface area contributed by atoms with Gasteiger partial charge in [0.1, 0.15) is 5.60 Å². The van der Waals surface area contributed by atoms with Crippen LogP contribution in [0.3, 0.4) is 0 Å². The molecule has 2 aromatic rings. The summed E-state index contributed by atoms with van der Waals surface area (Å²) in [5.41, 5.74) is 0.458. The Morgan fingerprint density at radius 2 is 1.92 bits per heavy atom. The average Bonchev–Trinajstić information content (AvgIpc) is 2.48. The molecule has 7 nitrogen and oxygen atoms in total. The first-order chi connectivity index (χ1) is 11.6. The maximum Gasteiger partial charge on any atom is 0.407 e. The highest BCUT2D eigenvalue weighted by atomic mass is 32.2. The van der Waals surface area contributed by atoms with E-state index < -0.39 is 21.7 Å². The Morgan fingerprint density at radius 3 is 2.56 bits per heavy atom. The van der Waals surface area contributed by atoms with E-state index in [-0.39, 0.29) is 13.1 Å². The first-order valence-electron chi connectivity index (χ1n) is 7.86. The normalized spacial score (nSPS) is 12.0. The number of carbonyl (C=O) groups is 1. The number of nitrogens with one attached hydrogen (secondary N) is 1. The molecule has 0 unspecified atom stereocenters. The molecule has 0 bridgehead atoms. The molecule has 1 amide bonds. The van der Waals surface area contributed by atoms with E-state index >= 15 is 0 Å². The van der Waals surface area contributed by atoms with Gasteiger partial charge in [0.25, 0.3) is 0 Å². The van der Waals surface area contributed by atoms with E-state index in [1.807, 2.05) is 12.1 Å². The second-order valence-corrected chi connectivity index (χ2v) is 8.52. The molecule has 8 heteroatoms. The van der Waals surface area contributed by atoms with Crippen molar-refractivity contribution in [2.45, 2.75) is 26.4 Å². The summed E-state index contributed by atoms with van der Waals surface area (Å²) in [5, 5.41) is 3.41. The number of ether oxygens (including phenoxy) is 1. The van der Waals surface area contributed by atoms with Crippen LogP contribution in [0.5, 0.6) is 0 Å². The lowest BCUT2D eigenvalue weighted by Gasteiger charge is -2.24. The monoisotopic (exact) mass is 365 g/mol. The highest BCUT2D eigenvalue weighted by Crippen LogP contribution is 2.26. The Labute approximate surface area is 148 Å². The maximum atomic E-state index is 12.2. The summed E-state index contributed by atoms with van der Waals surface area (Å²) in [6, 6.07) is 9.00. The minimum absolute atomic E-state index is 0.0771. The number of sulfonamides is 1. The zero-order valence-corrected chi connectivity index (χ0v) is 15.6. The summed E-state index contributed by atoms with van der Waals surface area (Å²) in [6.07, 6.45) is 2.16. The molecule has 25 heavy (non-hydrogen) atoms. The van der Waals surface area contributed by atoms with Crippen LogP contribution in [0.2, 0.25) is 0 Å². The summed E-state index contributed by atoms with van der Waals surface area (Å²) in [6.45, 7) is 5.48. The van der Waals surface area contributed by atoms with E-state index in [4.69, 9.17) is 4.74 Å². The van der Waals surface area contributed by atoms with Gasteiger partial charge in [-0.2, -0.15) is 0 Å². The average molecular weight is 365 g/mol. The van der Waals surface area contributed by atoms with Crippen molar-refractivity contribution >= 4 is 32.7 Å². The maximum absolute atomic E-state index is 12.2. The van der Waals surface area contributed by atoms with Gasteiger partial charge in [0.15, 0.2) is 0 Å². The highest BCUT2D eigenvalue weighted by molar-refractivity contribution is 7.92. The topological polar surface area (TPSA) is 88.6 Å². The largest absolute Gasteiger partial charge is 0.444 e. The zero-order valence-electron chi connectivity index (χ0n) is 14.8. The lowest BCUT2D eigenvalue weighted by molar-refractivity contribution is 0.0529. The van der Waals surface area contributed by atoms with Crippen molar-refractivity contribution in [2.24, 2.45) is 0 Å². The summed E-state index contributed by atoms with van der Waals surface area (Å²) in [4.78, 5) is 16.0. The smallest absolute Gasteiger partial charge is 0.407 e. The molecule has 0 aliphatic heterocycles. The third-order valence-electron chi connectivity index (χ3n) is 3.26. The van der Waals surface area contributed by atoms with Gasteiger partial charge >= 0.3 is 6.09 Å². The fourth-order valence-corrected chi connectivity index (χ4v) is 3.26. The van der Waals surface area contributed by atoms with Gasteiger partial charge in [0.05, 0.1) is 24.0 Å². The predicted octanol–water partition coefficient (Wildman–Crippen LogP) is 2.53. The quantitative estimate of drug-likeness (QED) is 0.879. The fourth-order valence-electron chi connectivity index (χ4n) is 2.33. The molecule has 0 aliphatic carbocycles. The number of benzene rings is 1. The SMILES string of the molecule is CC(C)(C)OC(=O)NCCN(c1cccc2cccnc12)S(C)(=O)=O. The molecule has 0 saturated carbocycles. The van der Waals surface area contributed by atoms with Crippen LogP contribution in [0.4, 0.5) is 10.5 Å². The molecular formula is C17H23N3O4S. The Kier molecular flexibility index (Phi) is 5.52. The van der Waals surface area contributed by atoms with Crippen LogP contribution >= 0.6 is 0 Å². The Hall–Kier alpha value is -2.35. The number of fused-ring (bicyclic) bond motifs is 1. The highest BCUT2D eigenvalue weighted by Gasteiger charge is 2.21. The van der Waals surface area contributed by atoms with Crippen LogP contribution in [0.15, 0.2) is 36.5 Å². The molecule has 0 radical (unpaired) electrons. The number of carbonyl (C=O) groups excluding carboxylic acids is 1. The molecule has 1 aromatic carbocycles. The zero-order chi connectivity index (χ0) is 18.7. The molecule has 1 aromatic heterocycles. The van der Waals surface area contributed by atoms with Gasteiger partial charge in [0, 0.05) is 18.1 Å². The third kappa shape index (κ3) is 5.32. The van der Waals surface area contributed by atoms with E-state index in [2.05, 4.69) is 10.3 Å². The lowest BCUT2D eigenvalue weighted by Crippen LogP contribution is -2.40. The fraction of sp³-hybridized carbons (Fsp3) is 0.412. The Bertz CT molecular complexity index is 854. The van der Waals surface area contributed by atoms with Crippen molar-refractivity contribution in [3.05, 3.63) is 36.5 Å². The van der Waals surface area contributed by atoms with Crippen molar-refractivity contribution < 1.29 is 17.9 Å². The number of aromatic nitrogens is 1. The van der Waals surface area contributed by atoms with Crippen LogP contribution in [0, 0.1) is 0 Å². The van der Waals surface area contributed by atoms with Crippen molar-refractivity contribution in [1.82, 2.24) is 10.3 Å². The van der Waals surface area contributed by atoms with Crippen molar-refractivity contribution in [3.8, 4) is 0 Å². The number of rotatable bonds is 5. The molecule has 0 saturated heterocycles. The van der Waals surface area contributed by atoms with Crippen LogP contribution in [0.25, 0.3) is 10.9 Å². The molecular weight excluding hydrogens is 342 g/mol. The molecule has 1 N–H and O–H groups in total. The van der Waals surface area contributed by atoms with Crippen molar-refractivity contribution in [1.29, 1.82) is 0 Å². The van der Waals surface area contributed by atoms with Gasteiger partial charge in [-0.15, -0.1) is 0 Å². The predicted molar refractivity (Wildman–Crippen MR) is 98.2 cm³/mol. The van der Waals surface area contributed by atoms with Crippen molar-refractivity contribution in [3.63, 3.8) is 0 Å². The molecule has 0 aliphatic rings. The molecule has 0 atom stereocenters. The summed E-state index contributed by atoms with van der Waals surface area (Å²) in [5.74, 6) is 0. The van der Waals surface area contributed by atoms with E-state index in [1.54, 1.807) is 45.2 Å². The molecule has 2 rings (SSSR count). The van der Waals surface area contributed by atoms with E-state index in [0.29, 0.717) is 11.2 Å². The van der Waals surface area contributed by atoms with Gasteiger partial charge in [0.2, 0.25) is 10.0 Å². The van der Waals surface area contributed by atoms with E-state index in [1.165, 1.54) is 4.31 Å². The molecule has 0 spiro atoms. The van der Waals surface area contributed by atoms with Gasteiger partial charge in [-0.3, -0.25) is 9.29 Å². The number of hydrogen-bond acceptors (Lipinski definition) is 5. The third-order valence-corrected chi connectivity index (χ3v) is 4.44. The van der Waals surface area contributed by atoms with Gasteiger partial charge in [-0.25, -0.2) is 13.2 Å². The summed E-state index contributed by atoms with van der Waals surface area (Å²) < 4.78 is 30.9. The first kappa shape index (κ1) is 19.0. The minimum Gasteiger partial charge on any atom is -0.444 e. The minimum atomic E-state index is -3.54. The molecule has 0 fully saturated rings. The number of amides is 1. The molecule has 136 valence electrons.